The number of aryl methyl sites for hydroxylation is 1. The van der Waals surface area contributed by atoms with Crippen molar-refractivity contribution in [3.63, 3.8) is 0 Å². The van der Waals surface area contributed by atoms with Crippen LogP contribution in [0.4, 0.5) is 14.9 Å². The number of rotatable bonds is 3. The van der Waals surface area contributed by atoms with E-state index in [1.165, 1.54) is 18.2 Å². The van der Waals surface area contributed by atoms with Gasteiger partial charge in [-0.05, 0) is 51.1 Å². The van der Waals surface area contributed by atoms with E-state index < -0.39 is 11.7 Å². The van der Waals surface area contributed by atoms with Crippen LogP contribution in [0.2, 0.25) is 5.02 Å². The summed E-state index contributed by atoms with van der Waals surface area (Å²) in [6.45, 7) is 5.95. The number of fused-ring (bicyclic) bond motifs is 1. The van der Waals surface area contributed by atoms with Crippen molar-refractivity contribution >= 4 is 29.2 Å². The minimum atomic E-state index is -0.678. The topological polar surface area (TPSA) is 93.2 Å². The van der Waals surface area contributed by atoms with Gasteiger partial charge in [0.25, 0.3) is 5.91 Å². The number of benzene rings is 2. The summed E-state index contributed by atoms with van der Waals surface area (Å²) in [7, 11) is 0. The standard InChI is InChI=1S/C23H23ClFN5O2/c1-12-4-7-16(8-5-12)27-23(32)29-11-19-20(22(26)31)21(28-30(19)14(3)13(29)2)15-6-9-18(25)17(24)10-15/h4-10,13-14H,11H2,1-3H3,(H2,26,31)(H,27,32). The maximum Gasteiger partial charge on any atom is 0.322 e. The summed E-state index contributed by atoms with van der Waals surface area (Å²) in [5.41, 5.74) is 8.98. The molecule has 0 aliphatic carbocycles. The van der Waals surface area contributed by atoms with E-state index in [-0.39, 0.29) is 35.2 Å². The number of carbonyl (C=O) groups excluding carboxylic acids is 2. The molecule has 0 saturated carbocycles. The lowest BCUT2D eigenvalue weighted by molar-refractivity contribution is 0.0992. The van der Waals surface area contributed by atoms with Gasteiger partial charge in [0.15, 0.2) is 0 Å². The lowest BCUT2D eigenvalue weighted by Gasteiger charge is -2.38. The Morgan fingerprint density at radius 1 is 1.16 bits per heavy atom. The Balaban J connectivity index is 1.72. The van der Waals surface area contributed by atoms with Crippen LogP contribution in [0, 0.1) is 12.7 Å². The van der Waals surface area contributed by atoms with Crippen molar-refractivity contribution < 1.29 is 14.0 Å². The lowest BCUT2D eigenvalue weighted by atomic mass is 10.0. The van der Waals surface area contributed by atoms with Crippen molar-refractivity contribution in [3.8, 4) is 11.3 Å². The summed E-state index contributed by atoms with van der Waals surface area (Å²) in [4.78, 5) is 27.1. The van der Waals surface area contributed by atoms with Crippen LogP contribution in [0.5, 0.6) is 0 Å². The second-order valence-electron chi connectivity index (χ2n) is 8.01. The Kier molecular flexibility index (Phi) is 5.64. The third-order valence-electron chi connectivity index (χ3n) is 5.91. The van der Waals surface area contributed by atoms with Crippen molar-refractivity contribution in [2.24, 2.45) is 5.73 Å². The van der Waals surface area contributed by atoms with E-state index in [0.717, 1.165) is 5.56 Å². The molecule has 1 aliphatic rings. The zero-order chi connectivity index (χ0) is 23.2. The summed E-state index contributed by atoms with van der Waals surface area (Å²) in [5, 5.41) is 7.43. The largest absolute Gasteiger partial charge is 0.365 e. The van der Waals surface area contributed by atoms with Crippen molar-refractivity contribution in [1.82, 2.24) is 14.7 Å². The molecule has 0 bridgehead atoms. The first-order valence-electron chi connectivity index (χ1n) is 10.2. The number of halogens is 2. The van der Waals surface area contributed by atoms with Crippen molar-refractivity contribution in [1.29, 1.82) is 0 Å². The molecule has 9 heteroatoms. The Bertz CT molecular complexity index is 1210. The van der Waals surface area contributed by atoms with Crippen LogP contribution in [0.25, 0.3) is 11.3 Å². The quantitative estimate of drug-likeness (QED) is 0.597. The number of primary amides is 1. The van der Waals surface area contributed by atoms with Gasteiger partial charge in [-0.3, -0.25) is 9.48 Å². The molecule has 3 aromatic rings. The number of nitrogens with zero attached hydrogens (tertiary/aromatic N) is 3. The van der Waals surface area contributed by atoms with Gasteiger partial charge in [-0.2, -0.15) is 5.10 Å². The number of hydrogen-bond donors (Lipinski definition) is 2. The monoisotopic (exact) mass is 455 g/mol. The van der Waals surface area contributed by atoms with Gasteiger partial charge in [-0.15, -0.1) is 0 Å². The van der Waals surface area contributed by atoms with E-state index in [1.54, 1.807) is 9.58 Å². The Morgan fingerprint density at radius 2 is 1.84 bits per heavy atom. The maximum absolute atomic E-state index is 13.7. The highest BCUT2D eigenvalue weighted by Crippen LogP contribution is 2.35. The zero-order valence-electron chi connectivity index (χ0n) is 17.9. The molecule has 0 fully saturated rings. The molecule has 2 heterocycles. The molecular weight excluding hydrogens is 433 g/mol. The van der Waals surface area contributed by atoms with E-state index in [1.807, 2.05) is 45.0 Å². The van der Waals surface area contributed by atoms with Gasteiger partial charge in [0.1, 0.15) is 11.5 Å². The highest BCUT2D eigenvalue weighted by atomic mass is 35.5. The van der Waals surface area contributed by atoms with Crippen LogP contribution < -0.4 is 11.1 Å². The molecule has 1 aliphatic heterocycles. The van der Waals surface area contributed by atoms with E-state index in [0.29, 0.717) is 22.6 Å². The van der Waals surface area contributed by atoms with Gasteiger partial charge < -0.3 is 16.0 Å². The molecule has 7 nitrogen and oxygen atoms in total. The SMILES string of the molecule is Cc1ccc(NC(=O)N2Cc3c(C(N)=O)c(-c4ccc(F)c(Cl)c4)nn3C(C)C2C)cc1. The summed E-state index contributed by atoms with van der Waals surface area (Å²) >= 11 is 5.94. The first-order valence-corrected chi connectivity index (χ1v) is 10.6. The molecule has 2 atom stereocenters. The van der Waals surface area contributed by atoms with Gasteiger partial charge in [0.2, 0.25) is 0 Å². The molecule has 0 spiro atoms. The van der Waals surface area contributed by atoms with Gasteiger partial charge in [0, 0.05) is 11.3 Å². The number of urea groups is 1. The molecule has 166 valence electrons. The summed E-state index contributed by atoms with van der Waals surface area (Å²) < 4.78 is 15.4. The Labute approximate surface area is 190 Å². The number of carbonyl (C=O) groups is 2. The minimum absolute atomic E-state index is 0.0792. The van der Waals surface area contributed by atoms with Crippen LogP contribution in [-0.4, -0.2) is 32.7 Å². The first kappa shape index (κ1) is 21.8. The highest BCUT2D eigenvalue weighted by molar-refractivity contribution is 6.31. The Hall–Kier alpha value is -3.39. The van der Waals surface area contributed by atoms with Crippen molar-refractivity contribution in [3.05, 3.63) is 70.1 Å². The molecule has 2 aromatic carbocycles. The van der Waals surface area contributed by atoms with Gasteiger partial charge in [-0.1, -0.05) is 29.3 Å². The van der Waals surface area contributed by atoms with E-state index in [9.17, 15) is 14.0 Å². The highest BCUT2D eigenvalue weighted by Gasteiger charge is 2.37. The van der Waals surface area contributed by atoms with Crippen molar-refractivity contribution in [2.75, 3.05) is 5.32 Å². The van der Waals surface area contributed by atoms with Crippen LogP contribution in [-0.2, 0) is 6.54 Å². The molecule has 3 N–H and O–H groups in total. The van der Waals surface area contributed by atoms with Crippen LogP contribution in [0.1, 0.15) is 41.5 Å². The van der Waals surface area contributed by atoms with Gasteiger partial charge >= 0.3 is 6.03 Å². The maximum atomic E-state index is 13.7. The molecule has 32 heavy (non-hydrogen) atoms. The molecule has 0 saturated heterocycles. The fourth-order valence-electron chi connectivity index (χ4n) is 3.92. The van der Waals surface area contributed by atoms with Crippen LogP contribution in [0.3, 0.4) is 0 Å². The first-order chi connectivity index (χ1) is 15.2. The normalized spacial score (nSPS) is 17.7. The third kappa shape index (κ3) is 3.82. The number of amides is 3. The van der Waals surface area contributed by atoms with E-state index >= 15 is 0 Å². The predicted molar refractivity (Wildman–Crippen MR) is 121 cm³/mol. The number of hydrogen-bond acceptors (Lipinski definition) is 3. The van der Waals surface area contributed by atoms with Gasteiger partial charge in [0.05, 0.1) is 34.9 Å². The van der Waals surface area contributed by atoms with E-state index in [2.05, 4.69) is 10.4 Å². The minimum Gasteiger partial charge on any atom is -0.365 e. The molecule has 4 rings (SSSR count). The lowest BCUT2D eigenvalue weighted by Crippen LogP contribution is -2.49. The molecule has 3 amide bonds. The van der Waals surface area contributed by atoms with Gasteiger partial charge in [-0.25, -0.2) is 9.18 Å². The number of nitrogens with two attached hydrogens (primary N) is 1. The molecule has 0 radical (unpaired) electrons. The number of aromatic nitrogens is 2. The fourth-order valence-corrected chi connectivity index (χ4v) is 4.10. The van der Waals surface area contributed by atoms with Crippen molar-refractivity contribution in [2.45, 2.75) is 39.4 Å². The predicted octanol–water partition coefficient (Wildman–Crippen LogP) is 4.75. The third-order valence-corrected chi connectivity index (χ3v) is 6.20. The van der Waals surface area contributed by atoms with Crippen LogP contribution in [0.15, 0.2) is 42.5 Å². The summed E-state index contributed by atoms with van der Waals surface area (Å²) in [5.74, 6) is -1.25. The van der Waals surface area contributed by atoms with E-state index in [4.69, 9.17) is 17.3 Å². The molecular formula is C23H23ClFN5O2. The Morgan fingerprint density at radius 3 is 2.47 bits per heavy atom. The second-order valence-corrected chi connectivity index (χ2v) is 8.42. The smallest absolute Gasteiger partial charge is 0.322 e. The zero-order valence-corrected chi connectivity index (χ0v) is 18.7. The molecule has 1 aromatic heterocycles. The number of nitrogens with one attached hydrogen (secondary N) is 1. The number of anilines is 1. The second kappa shape index (κ2) is 8.27. The average molecular weight is 456 g/mol. The van der Waals surface area contributed by atoms with Crippen LogP contribution >= 0.6 is 11.6 Å². The fraction of sp³-hybridized carbons (Fsp3) is 0.261. The molecule has 2 unspecified atom stereocenters. The summed E-state index contributed by atoms with van der Waals surface area (Å²) in [6, 6.07) is 10.9. The average Bonchev–Trinajstić information content (AvgIpc) is 3.14. The summed E-state index contributed by atoms with van der Waals surface area (Å²) in [6.07, 6.45) is 0.